The molecule has 0 heterocycles. The summed E-state index contributed by atoms with van der Waals surface area (Å²) in [5.41, 5.74) is 0. The summed E-state index contributed by atoms with van der Waals surface area (Å²) < 4.78 is 0. The van der Waals surface area contributed by atoms with Crippen molar-refractivity contribution in [1.29, 1.82) is 0 Å². The Labute approximate surface area is 70.6 Å². The van der Waals surface area contributed by atoms with Gasteiger partial charge in [-0.2, -0.15) is 0 Å². The fraction of sp³-hybridized carbons (Fsp3) is 1.00. The van der Waals surface area contributed by atoms with Crippen molar-refractivity contribution < 1.29 is 0 Å². The van der Waals surface area contributed by atoms with E-state index in [1.165, 1.54) is 38.6 Å². The molecular weight excluding hydrogens is 134 g/mol. The van der Waals surface area contributed by atoms with Gasteiger partial charge in [-0.3, -0.25) is 0 Å². The predicted octanol–water partition coefficient (Wildman–Crippen LogP) is 2.42. The number of nitrogens with one attached hydrogen (secondary N) is 1. The molecule has 1 fully saturated rings. The van der Waals surface area contributed by atoms with Crippen molar-refractivity contribution in [3.63, 3.8) is 0 Å². The summed E-state index contributed by atoms with van der Waals surface area (Å²) in [7, 11) is 2.05. The summed E-state index contributed by atoms with van der Waals surface area (Å²) in [6.07, 6.45) is 7.27. The van der Waals surface area contributed by atoms with Gasteiger partial charge >= 0.3 is 0 Å². The topological polar surface area (TPSA) is 12.0 Å². The summed E-state index contributed by atoms with van der Waals surface area (Å²) in [5.74, 6) is 2.09. The molecule has 0 radical (unpaired) electrons. The molecule has 0 bridgehead atoms. The number of rotatable bonds is 4. The first-order valence-corrected chi connectivity index (χ1v) is 5.01. The quantitative estimate of drug-likeness (QED) is 0.657. The molecule has 1 aliphatic carbocycles. The van der Waals surface area contributed by atoms with Crippen LogP contribution in [0.25, 0.3) is 0 Å². The maximum Gasteiger partial charge on any atom is -0.00493 e. The zero-order chi connectivity index (χ0) is 8.10. The second-order valence-electron chi connectivity index (χ2n) is 3.85. The molecule has 1 N–H and O–H groups in total. The number of hydrogen-bond donors (Lipinski definition) is 1. The Morgan fingerprint density at radius 1 is 1.27 bits per heavy atom. The van der Waals surface area contributed by atoms with Crippen molar-refractivity contribution in [2.75, 3.05) is 13.6 Å². The molecule has 1 nitrogen and oxygen atoms in total. The largest absolute Gasteiger partial charge is 0.320 e. The maximum atomic E-state index is 3.23. The van der Waals surface area contributed by atoms with Crippen LogP contribution in [0.4, 0.5) is 0 Å². The van der Waals surface area contributed by atoms with Crippen molar-refractivity contribution in [3.8, 4) is 0 Å². The molecule has 1 heteroatoms. The zero-order valence-electron chi connectivity index (χ0n) is 7.90. The standard InChI is InChI=1S/C10H21N/c1-3-9-4-5-10(8-9)6-7-11-2/h9-11H,3-8H2,1-2H3. The van der Waals surface area contributed by atoms with Crippen LogP contribution in [-0.2, 0) is 0 Å². The highest BCUT2D eigenvalue weighted by molar-refractivity contribution is 4.74. The van der Waals surface area contributed by atoms with E-state index in [1.54, 1.807) is 0 Å². The lowest BCUT2D eigenvalue weighted by atomic mass is 10.0. The van der Waals surface area contributed by atoms with Crippen LogP contribution in [0, 0.1) is 11.8 Å². The van der Waals surface area contributed by atoms with Crippen molar-refractivity contribution in [2.24, 2.45) is 11.8 Å². The normalized spacial score (nSPS) is 31.1. The average molecular weight is 155 g/mol. The molecule has 0 saturated heterocycles. The van der Waals surface area contributed by atoms with Gasteiger partial charge in [0.2, 0.25) is 0 Å². The lowest BCUT2D eigenvalue weighted by Crippen LogP contribution is -2.11. The number of hydrogen-bond acceptors (Lipinski definition) is 1. The summed E-state index contributed by atoms with van der Waals surface area (Å²) in [6, 6.07) is 0. The molecule has 0 spiro atoms. The van der Waals surface area contributed by atoms with E-state index < -0.39 is 0 Å². The molecule has 11 heavy (non-hydrogen) atoms. The average Bonchev–Trinajstić information content (AvgIpc) is 2.48. The molecule has 2 atom stereocenters. The smallest absolute Gasteiger partial charge is 0.00493 e. The Bertz CT molecular complexity index is 101. The molecule has 1 saturated carbocycles. The minimum atomic E-state index is 1.03. The third-order valence-corrected chi connectivity index (χ3v) is 3.03. The Hall–Kier alpha value is -0.0400. The Morgan fingerprint density at radius 3 is 2.55 bits per heavy atom. The van der Waals surface area contributed by atoms with E-state index >= 15 is 0 Å². The van der Waals surface area contributed by atoms with Gasteiger partial charge in [-0.15, -0.1) is 0 Å². The highest BCUT2D eigenvalue weighted by Gasteiger charge is 2.22. The first-order chi connectivity index (χ1) is 5.36. The van der Waals surface area contributed by atoms with E-state index in [4.69, 9.17) is 0 Å². The Kier molecular flexibility index (Phi) is 3.92. The first kappa shape index (κ1) is 9.05. The van der Waals surface area contributed by atoms with Gasteiger partial charge in [0.1, 0.15) is 0 Å². The molecule has 66 valence electrons. The van der Waals surface area contributed by atoms with Gasteiger partial charge in [-0.05, 0) is 38.3 Å². The molecule has 0 aromatic rings. The van der Waals surface area contributed by atoms with E-state index in [1.807, 2.05) is 7.05 Å². The van der Waals surface area contributed by atoms with Crippen LogP contribution in [0.2, 0.25) is 0 Å². The van der Waals surface area contributed by atoms with Crippen LogP contribution in [-0.4, -0.2) is 13.6 Å². The van der Waals surface area contributed by atoms with Crippen molar-refractivity contribution in [1.82, 2.24) is 5.32 Å². The minimum absolute atomic E-state index is 1.03. The molecule has 1 aliphatic rings. The third-order valence-electron chi connectivity index (χ3n) is 3.03. The van der Waals surface area contributed by atoms with Gasteiger partial charge in [0.25, 0.3) is 0 Å². The summed E-state index contributed by atoms with van der Waals surface area (Å²) in [6.45, 7) is 3.53. The van der Waals surface area contributed by atoms with Crippen molar-refractivity contribution in [2.45, 2.75) is 39.0 Å². The lowest BCUT2D eigenvalue weighted by Gasteiger charge is -2.08. The van der Waals surface area contributed by atoms with Crippen LogP contribution >= 0.6 is 0 Å². The molecule has 1 rings (SSSR count). The predicted molar refractivity (Wildman–Crippen MR) is 49.7 cm³/mol. The van der Waals surface area contributed by atoms with Gasteiger partial charge in [0.05, 0.1) is 0 Å². The SMILES string of the molecule is CCC1CCC(CCNC)C1. The molecule has 0 aliphatic heterocycles. The van der Waals surface area contributed by atoms with E-state index in [2.05, 4.69) is 12.2 Å². The summed E-state index contributed by atoms with van der Waals surface area (Å²) in [4.78, 5) is 0. The van der Waals surface area contributed by atoms with Crippen LogP contribution in [0.5, 0.6) is 0 Å². The molecule has 0 aromatic carbocycles. The van der Waals surface area contributed by atoms with E-state index in [9.17, 15) is 0 Å². The van der Waals surface area contributed by atoms with E-state index in [0.717, 1.165) is 11.8 Å². The first-order valence-electron chi connectivity index (χ1n) is 5.01. The summed E-state index contributed by atoms with van der Waals surface area (Å²) in [5, 5.41) is 3.23. The van der Waals surface area contributed by atoms with Crippen molar-refractivity contribution >= 4 is 0 Å². The molecule has 0 amide bonds. The Balaban J connectivity index is 2.09. The van der Waals surface area contributed by atoms with Crippen LogP contribution < -0.4 is 5.32 Å². The Morgan fingerprint density at radius 2 is 2.00 bits per heavy atom. The van der Waals surface area contributed by atoms with Crippen LogP contribution in [0.3, 0.4) is 0 Å². The highest BCUT2D eigenvalue weighted by atomic mass is 14.8. The van der Waals surface area contributed by atoms with E-state index in [0.29, 0.717) is 0 Å². The zero-order valence-corrected chi connectivity index (χ0v) is 7.90. The summed E-state index contributed by atoms with van der Waals surface area (Å²) >= 11 is 0. The highest BCUT2D eigenvalue weighted by Crippen LogP contribution is 2.34. The minimum Gasteiger partial charge on any atom is -0.320 e. The van der Waals surface area contributed by atoms with Gasteiger partial charge in [0.15, 0.2) is 0 Å². The van der Waals surface area contributed by atoms with Gasteiger partial charge in [0, 0.05) is 0 Å². The fourth-order valence-electron chi connectivity index (χ4n) is 2.16. The second-order valence-corrected chi connectivity index (χ2v) is 3.85. The second kappa shape index (κ2) is 4.76. The van der Waals surface area contributed by atoms with Crippen molar-refractivity contribution in [3.05, 3.63) is 0 Å². The van der Waals surface area contributed by atoms with Crippen LogP contribution in [0.1, 0.15) is 39.0 Å². The monoisotopic (exact) mass is 155 g/mol. The maximum absolute atomic E-state index is 3.23. The van der Waals surface area contributed by atoms with Gasteiger partial charge in [-0.25, -0.2) is 0 Å². The molecule has 2 unspecified atom stereocenters. The fourth-order valence-corrected chi connectivity index (χ4v) is 2.16. The third kappa shape index (κ3) is 2.82. The van der Waals surface area contributed by atoms with E-state index in [-0.39, 0.29) is 0 Å². The molecule has 0 aromatic heterocycles. The molecular formula is C10H21N. The van der Waals surface area contributed by atoms with Gasteiger partial charge < -0.3 is 5.32 Å². The lowest BCUT2D eigenvalue weighted by molar-refractivity contribution is 0.451. The van der Waals surface area contributed by atoms with Crippen LogP contribution in [0.15, 0.2) is 0 Å². The van der Waals surface area contributed by atoms with Gasteiger partial charge in [-0.1, -0.05) is 26.2 Å².